The van der Waals surface area contributed by atoms with E-state index in [0.29, 0.717) is 5.39 Å². The number of hydrogen-bond acceptors (Lipinski definition) is 2. The topological polar surface area (TPSA) is 28.3 Å². The summed E-state index contributed by atoms with van der Waals surface area (Å²) < 4.78 is 19.4. The van der Waals surface area contributed by atoms with Crippen LogP contribution in [0.15, 0.2) is 42.6 Å². The molecule has 0 amide bonds. The van der Waals surface area contributed by atoms with Crippen molar-refractivity contribution in [2.45, 2.75) is 18.9 Å². The van der Waals surface area contributed by atoms with Crippen molar-refractivity contribution in [3.05, 3.63) is 65.1 Å². The van der Waals surface area contributed by atoms with Crippen LogP contribution >= 0.6 is 0 Å². The van der Waals surface area contributed by atoms with Crippen LogP contribution in [0.4, 0.5) is 4.39 Å². The average molecular weight is 324 g/mol. The van der Waals surface area contributed by atoms with Gasteiger partial charge < -0.3 is 14.6 Å². The summed E-state index contributed by atoms with van der Waals surface area (Å²) in [6.07, 6.45) is 2.45. The molecular formula is C20H21FN2O. The summed E-state index contributed by atoms with van der Waals surface area (Å²) in [4.78, 5) is 5.30. The van der Waals surface area contributed by atoms with Crippen LogP contribution in [-0.2, 0) is 6.54 Å². The van der Waals surface area contributed by atoms with Crippen LogP contribution in [0.25, 0.3) is 10.9 Å². The Morgan fingerprint density at radius 2 is 2.08 bits per heavy atom. The normalized spacial score (nSPS) is 18.4. The molecule has 4 rings (SSSR count). The maximum atomic E-state index is 14.0. The molecule has 3 nitrogen and oxygen atoms in total. The summed E-state index contributed by atoms with van der Waals surface area (Å²) >= 11 is 0. The molecule has 1 atom stereocenters. The van der Waals surface area contributed by atoms with Gasteiger partial charge >= 0.3 is 0 Å². The Morgan fingerprint density at radius 1 is 1.21 bits per heavy atom. The standard InChI is InChI=1S/C20H21FN2O/c1-23-8-7-17(16-5-4-15(24-2)9-14(16)12-23)13-3-6-20-18(10-13)19(21)11-22-20/h3-6,9-11,17,22H,7-8,12H2,1-2H3. The van der Waals surface area contributed by atoms with Crippen LogP contribution in [0.1, 0.15) is 29.0 Å². The predicted octanol–water partition coefficient (Wildman–Crippen LogP) is 4.28. The number of nitrogens with one attached hydrogen (secondary N) is 1. The Morgan fingerprint density at radius 3 is 2.92 bits per heavy atom. The number of rotatable bonds is 2. The maximum absolute atomic E-state index is 14.0. The molecule has 2 aromatic carbocycles. The fourth-order valence-corrected chi connectivity index (χ4v) is 3.73. The molecule has 124 valence electrons. The highest BCUT2D eigenvalue weighted by atomic mass is 19.1. The SMILES string of the molecule is COc1ccc2c(c1)CN(C)CCC2c1ccc2[nH]cc(F)c2c1. The van der Waals surface area contributed by atoms with E-state index in [1.165, 1.54) is 22.9 Å². The number of halogens is 1. The van der Waals surface area contributed by atoms with Crippen molar-refractivity contribution < 1.29 is 9.13 Å². The Balaban J connectivity index is 1.83. The number of aromatic amines is 1. The van der Waals surface area contributed by atoms with Crippen molar-refractivity contribution >= 4 is 10.9 Å². The summed E-state index contributed by atoms with van der Waals surface area (Å²) in [7, 11) is 3.84. The maximum Gasteiger partial charge on any atom is 0.148 e. The lowest BCUT2D eigenvalue weighted by Gasteiger charge is -2.18. The first-order chi connectivity index (χ1) is 11.7. The lowest BCUT2D eigenvalue weighted by molar-refractivity contribution is 0.327. The van der Waals surface area contributed by atoms with Crippen molar-refractivity contribution in [2.24, 2.45) is 0 Å². The van der Waals surface area contributed by atoms with Crippen LogP contribution in [0.5, 0.6) is 5.75 Å². The third-order valence-corrected chi connectivity index (χ3v) is 5.02. The zero-order valence-corrected chi connectivity index (χ0v) is 14.0. The molecule has 1 aromatic heterocycles. The first-order valence-corrected chi connectivity index (χ1v) is 8.27. The number of methoxy groups -OCH3 is 1. The van der Waals surface area contributed by atoms with Gasteiger partial charge in [-0.1, -0.05) is 12.1 Å². The van der Waals surface area contributed by atoms with Crippen molar-refractivity contribution in [3.8, 4) is 5.75 Å². The highest BCUT2D eigenvalue weighted by Gasteiger charge is 2.23. The molecule has 24 heavy (non-hydrogen) atoms. The fourth-order valence-electron chi connectivity index (χ4n) is 3.73. The zero-order valence-electron chi connectivity index (χ0n) is 14.0. The monoisotopic (exact) mass is 324 g/mol. The van der Waals surface area contributed by atoms with Crippen LogP contribution in [0.3, 0.4) is 0 Å². The number of benzene rings is 2. The smallest absolute Gasteiger partial charge is 0.148 e. The quantitative estimate of drug-likeness (QED) is 0.762. The second-order valence-corrected chi connectivity index (χ2v) is 6.59. The molecule has 0 saturated carbocycles. The molecule has 1 aliphatic heterocycles. The summed E-state index contributed by atoms with van der Waals surface area (Å²) in [6, 6.07) is 12.4. The summed E-state index contributed by atoms with van der Waals surface area (Å²) in [6.45, 7) is 1.92. The Bertz CT molecular complexity index is 886. The van der Waals surface area contributed by atoms with Gasteiger partial charge in [0, 0.05) is 29.6 Å². The molecular weight excluding hydrogens is 303 g/mol. The van der Waals surface area contributed by atoms with Crippen LogP contribution in [0, 0.1) is 5.82 Å². The molecule has 0 radical (unpaired) electrons. The van der Waals surface area contributed by atoms with Gasteiger partial charge in [0.25, 0.3) is 0 Å². The third-order valence-electron chi connectivity index (χ3n) is 5.02. The van der Waals surface area contributed by atoms with E-state index in [9.17, 15) is 4.39 Å². The Kier molecular flexibility index (Phi) is 3.77. The van der Waals surface area contributed by atoms with Gasteiger partial charge in [0.2, 0.25) is 0 Å². The zero-order chi connectivity index (χ0) is 16.7. The molecule has 3 aromatic rings. The van der Waals surface area contributed by atoms with Crippen molar-refractivity contribution in [2.75, 3.05) is 20.7 Å². The molecule has 1 unspecified atom stereocenters. The fraction of sp³-hybridized carbons (Fsp3) is 0.300. The van der Waals surface area contributed by atoms with Gasteiger partial charge in [-0.2, -0.15) is 0 Å². The van der Waals surface area contributed by atoms with Gasteiger partial charge in [-0.3, -0.25) is 0 Å². The number of hydrogen-bond donors (Lipinski definition) is 1. The molecule has 0 aliphatic carbocycles. The summed E-state index contributed by atoms with van der Waals surface area (Å²) in [5.41, 5.74) is 4.61. The molecule has 0 fully saturated rings. The predicted molar refractivity (Wildman–Crippen MR) is 94.0 cm³/mol. The van der Waals surface area contributed by atoms with E-state index >= 15 is 0 Å². The van der Waals surface area contributed by atoms with Crippen LogP contribution < -0.4 is 4.74 Å². The lowest BCUT2D eigenvalue weighted by Crippen LogP contribution is -2.17. The van der Waals surface area contributed by atoms with Gasteiger partial charge in [0.1, 0.15) is 11.6 Å². The molecule has 0 saturated heterocycles. The highest BCUT2D eigenvalue weighted by Crippen LogP contribution is 2.36. The summed E-state index contributed by atoms with van der Waals surface area (Å²) in [5.74, 6) is 0.969. The third kappa shape index (κ3) is 2.57. The second-order valence-electron chi connectivity index (χ2n) is 6.59. The Hall–Kier alpha value is -2.33. The number of fused-ring (bicyclic) bond motifs is 2. The van der Waals surface area contributed by atoms with E-state index < -0.39 is 0 Å². The lowest BCUT2D eigenvalue weighted by atomic mass is 9.86. The van der Waals surface area contributed by atoms with E-state index in [0.717, 1.165) is 30.8 Å². The van der Waals surface area contributed by atoms with E-state index in [-0.39, 0.29) is 11.7 Å². The van der Waals surface area contributed by atoms with Crippen molar-refractivity contribution in [1.29, 1.82) is 0 Å². The van der Waals surface area contributed by atoms with Gasteiger partial charge in [0.15, 0.2) is 0 Å². The van der Waals surface area contributed by atoms with E-state index in [1.807, 2.05) is 18.2 Å². The molecule has 4 heteroatoms. The first-order valence-electron chi connectivity index (χ1n) is 8.27. The Labute approximate surface area is 141 Å². The minimum absolute atomic E-state index is 0.187. The number of H-pyrrole nitrogens is 1. The van der Waals surface area contributed by atoms with E-state index in [1.54, 1.807) is 7.11 Å². The number of nitrogens with zero attached hydrogens (tertiary/aromatic N) is 1. The molecule has 0 bridgehead atoms. The van der Waals surface area contributed by atoms with Crippen molar-refractivity contribution in [3.63, 3.8) is 0 Å². The highest BCUT2D eigenvalue weighted by molar-refractivity contribution is 5.81. The van der Waals surface area contributed by atoms with Crippen LogP contribution in [0.2, 0.25) is 0 Å². The minimum Gasteiger partial charge on any atom is -0.497 e. The van der Waals surface area contributed by atoms with Gasteiger partial charge in [-0.15, -0.1) is 0 Å². The first kappa shape index (κ1) is 15.2. The van der Waals surface area contributed by atoms with Gasteiger partial charge in [-0.05, 0) is 61.0 Å². The van der Waals surface area contributed by atoms with E-state index in [2.05, 4.69) is 35.1 Å². The second kappa shape index (κ2) is 5.95. The largest absolute Gasteiger partial charge is 0.497 e. The molecule has 2 heterocycles. The average Bonchev–Trinajstić information content (AvgIpc) is 2.87. The minimum atomic E-state index is -0.187. The molecule has 1 aliphatic rings. The number of ether oxygens (including phenoxy) is 1. The van der Waals surface area contributed by atoms with Gasteiger partial charge in [-0.25, -0.2) is 4.39 Å². The molecule has 1 N–H and O–H groups in total. The molecule has 0 spiro atoms. The summed E-state index contributed by atoms with van der Waals surface area (Å²) in [5, 5.41) is 0.667. The number of aromatic nitrogens is 1. The van der Waals surface area contributed by atoms with Crippen LogP contribution in [-0.4, -0.2) is 30.6 Å². The van der Waals surface area contributed by atoms with E-state index in [4.69, 9.17) is 4.74 Å². The van der Waals surface area contributed by atoms with Crippen molar-refractivity contribution in [1.82, 2.24) is 9.88 Å². The van der Waals surface area contributed by atoms with Gasteiger partial charge in [0.05, 0.1) is 7.11 Å².